The molecule has 1 fully saturated rings. The normalized spacial score (nSPS) is 21.2. The number of hydrogen-bond acceptors (Lipinski definition) is 5. The predicted octanol–water partition coefficient (Wildman–Crippen LogP) is 3.94. The number of benzene rings is 2. The lowest BCUT2D eigenvalue weighted by Crippen LogP contribution is -2.36. The highest BCUT2D eigenvalue weighted by Gasteiger charge is 2.43. The summed E-state index contributed by atoms with van der Waals surface area (Å²) in [5, 5.41) is 0. The zero-order valence-electron chi connectivity index (χ0n) is 16.8. The third-order valence-corrected chi connectivity index (χ3v) is 5.06. The van der Waals surface area contributed by atoms with Gasteiger partial charge in [-0.15, -0.1) is 0 Å². The molecule has 4 rings (SSSR count). The van der Waals surface area contributed by atoms with Gasteiger partial charge in [0.05, 0.1) is 20.0 Å². The second kappa shape index (κ2) is 8.68. The van der Waals surface area contributed by atoms with Crippen LogP contribution in [0.1, 0.15) is 17.5 Å². The molecule has 0 radical (unpaired) electrons. The lowest BCUT2D eigenvalue weighted by atomic mass is 10.1. The Kier molecular flexibility index (Phi) is 5.83. The Bertz CT molecular complexity index is 911. The molecular weight excluding hydrogens is 368 g/mol. The van der Waals surface area contributed by atoms with Crippen molar-refractivity contribution in [1.82, 2.24) is 9.55 Å². The average molecular weight is 394 g/mol. The standard InChI is InChI=1S/C23H26N2O4/c1-18-4-3-5-21(14-18)27-15-22-16-28-23(29-22,25-13-12-24-17-25)11-10-19-6-8-20(26-2)9-7-19/h3-9,12-14,17,22H,10-11,15-16H2,1-2H3. The van der Waals surface area contributed by atoms with Crippen LogP contribution in [0, 0.1) is 6.92 Å². The Hall–Kier alpha value is -2.83. The van der Waals surface area contributed by atoms with Crippen molar-refractivity contribution < 1.29 is 18.9 Å². The van der Waals surface area contributed by atoms with Crippen molar-refractivity contribution in [3.8, 4) is 11.5 Å². The molecule has 3 aromatic rings. The highest BCUT2D eigenvalue weighted by atomic mass is 16.8. The Balaban J connectivity index is 1.42. The van der Waals surface area contributed by atoms with Crippen LogP contribution in [0.25, 0.3) is 0 Å². The van der Waals surface area contributed by atoms with E-state index in [9.17, 15) is 0 Å². The number of hydrogen-bond donors (Lipinski definition) is 0. The van der Waals surface area contributed by atoms with Gasteiger partial charge in [0.2, 0.25) is 0 Å². The van der Waals surface area contributed by atoms with Crippen LogP contribution in [0.3, 0.4) is 0 Å². The molecule has 0 amide bonds. The minimum atomic E-state index is -0.878. The van der Waals surface area contributed by atoms with Crippen LogP contribution in [0.15, 0.2) is 67.3 Å². The Morgan fingerprint density at radius 2 is 2.03 bits per heavy atom. The first-order valence-electron chi connectivity index (χ1n) is 9.79. The number of imidazole rings is 1. The van der Waals surface area contributed by atoms with E-state index in [-0.39, 0.29) is 6.10 Å². The molecule has 1 aromatic heterocycles. The quantitative estimate of drug-likeness (QED) is 0.579. The largest absolute Gasteiger partial charge is 0.497 e. The molecule has 1 saturated heterocycles. The fraction of sp³-hybridized carbons (Fsp3) is 0.348. The van der Waals surface area contributed by atoms with Crippen molar-refractivity contribution in [3.63, 3.8) is 0 Å². The molecule has 6 heteroatoms. The predicted molar refractivity (Wildman–Crippen MR) is 109 cm³/mol. The molecule has 0 spiro atoms. The highest BCUT2D eigenvalue weighted by molar-refractivity contribution is 5.28. The molecule has 0 aliphatic carbocycles. The van der Waals surface area contributed by atoms with Crippen molar-refractivity contribution in [2.75, 3.05) is 20.3 Å². The summed E-state index contributed by atoms with van der Waals surface area (Å²) < 4.78 is 25.6. The summed E-state index contributed by atoms with van der Waals surface area (Å²) in [4.78, 5) is 4.17. The van der Waals surface area contributed by atoms with Crippen LogP contribution in [-0.2, 0) is 21.8 Å². The third kappa shape index (κ3) is 4.60. The van der Waals surface area contributed by atoms with E-state index in [0.29, 0.717) is 19.6 Å². The molecule has 152 valence electrons. The van der Waals surface area contributed by atoms with E-state index < -0.39 is 5.91 Å². The van der Waals surface area contributed by atoms with E-state index in [1.165, 1.54) is 11.1 Å². The first-order chi connectivity index (χ1) is 14.2. The highest BCUT2D eigenvalue weighted by Crippen LogP contribution is 2.34. The molecule has 6 nitrogen and oxygen atoms in total. The molecule has 0 N–H and O–H groups in total. The van der Waals surface area contributed by atoms with Crippen molar-refractivity contribution in [2.45, 2.75) is 31.8 Å². The van der Waals surface area contributed by atoms with Crippen LogP contribution in [0.5, 0.6) is 11.5 Å². The Morgan fingerprint density at radius 1 is 1.17 bits per heavy atom. The third-order valence-electron chi connectivity index (χ3n) is 5.06. The molecule has 1 aliphatic heterocycles. The summed E-state index contributed by atoms with van der Waals surface area (Å²) >= 11 is 0. The van der Waals surface area contributed by atoms with Gasteiger partial charge in [0, 0.05) is 18.8 Å². The summed E-state index contributed by atoms with van der Waals surface area (Å²) in [6.45, 7) is 2.94. The zero-order valence-corrected chi connectivity index (χ0v) is 16.8. The molecule has 0 bridgehead atoms. The van der Waals surface area contributed by atoms with Gasteiger partial charge in [-0.3, -0.25) is 4.57 Å². The van der Waals surface area contributed by atoms with E-state index in [1.54, 1.807) is 19.6 Å². The Labute approximate surface area is 171 Å². The number of nitrogens with zero attached hydrogens (tertiary/aromatic N) is 2. The van der Waals surface area contributed by atoms with Gasteiger partial charge in [-0.25, -0.2) is 4.98 Å². The fourth-order valence-corrected chi connectivity index (χ4v) is 3.48. The molecular formula is C23H26N2O4. The van der Waals surface area contributed by atoms with Gasteiger partial charge in [0.15, 0.2) is 0 Å². The van der Waals surface area contributed by atoms with E-state index in [2.05, 4.69) is 17.1 Å². The number of aromatic nitrogens is 2. The maximum absolute atomic E-state index is 6.36. The number of methoxy groups -OCH3 is 1. The summed E-state index contributed by atoms with van der Waals surface area (Å²) in [5.74, 6) is 0.809. The summed E-state index contributed by atoms with van der Waals surface area (Å²) in [6, 6.07) is 16.1. The average Bonchev–Trinajstić information content (AvgIpc) is 3.42. The lowest BCUT2D eigenvalue weighted by molar-refractivity contribution is -0.238. The molecule has 1 aliphatic rings. The van der Waals surface area contributed by atoms with E-state index >= 15 is 0 Å². The first kappa shape index (κ1) is 19.5. The molecule has 2 unspecified atom stereocenters. The first-order valence-corrected chi connectivity index (χ1v) is 9.79. The Morgan fingerprint density at radius 3 is 2.76 bits per heavy atom. The van der Waals surface area contributed by atoms with Crippen LogP contribution in [0.2, 0.25) is 0 Å². The van der Waals surface area contributed by atoms with Crippen LogP contribution >= 0.6 is 0 Å². The van der Waals surface area contributed by atoms with Crippen molar-refractivity contribution in [1.29, 1.82) is 0 Å². The van der Waals surface area contributed by atoms with Gasteiger partial charge < -0.3 is 18.9 Å². The van der Waals surface area contributed by atoms with Gasteiger partial charge in [0.1, 0.15) is 24.2 Å². The SMILES string of the molecule is COc1ccc(CCC2(n3ccnc3)OCC(COc3cccc(C)c3)O2)cc1. The minimum Gasteiger partial charge on any atom is -0.497 e. The second-order valence-electron chi connectivity index (χ2n) is 7.21. The monoisotopic (exact) mass is 394 g/mol. The smallest absolute Gasteiger partial charge is 0.257 e. The zero-order chi connectivity index (χ0) is 20.1. The maximum atomic E-state index is 6.36. The molecule has 2 atom stereocenters. The van der Waals surface area contributed by atoms with Gasteiger partial charge >= 0.3 is 0 Å². The fourth-order valence-electron chi connectivity index (χ4n) is 3.48. The van der Waals surface area contributed by atoms with Gasteiger partial charge in [-0.05, 0) is 48.7 Å². The van der Waals surface area contributed by atoms with Crippen molar-refractivity contribution >= 4 is 0 Å². The van der Waals surface area contributed by atoms with E-state index in [4.69, 9.17) is 18.9 Å². The van der Waals surface area contributed by atoms with Crippen molar-refractivity contribution in [2.24, 2.45) is 0 Å². The molecule has 2 heterocycles. The summed E-state index contributed by atoms with van der Waals surface area (Å²) in [7, 11) is 1.67. The molecule has 0 saturated carbocycles. The van der Waals surface area contributed by atoms with Gasteiger partial charge in [0.25, 0.3) is 5.91 Å². The summed E-state index contributed by atoms with van der Waals surface area (Å²) in [5.41, 5.74) is 2.36. The topological polar surface area (TPSA) is 54.7 Å². The number of rotatable bonds is 8. The van der Waals surface area contributed by atoms with E-state index in [1.807, 2.05) is 54.1 Å². The molecule has 29 heavy (non-hydrogen) atoms. The van der Waals surface area contributed by atoms with Crippen LogP contribution in [-0.4, -0.2) is 36.0 Å². The lowest BCUT2D eigenvalue weighted by Gasteiger charge is -2.29. The second-order valence-corrected chi connectivity index (χ2v) is 7.21. The van der Waals surface area contributed by atoms with Crippen LogP contribution < -0.4 is 9.47 Å². The molecule has 2 aromatic carbocycles. The summed E-state index contributed by atoms with van der Waals surface area (Å²) in [6.07, 6.45) is 6.65. The van der Waals surface area contributed by atoms with E-state index in [0.717, 1.165) is 17.9 Å². The van der Waals surface area contributed by atoms with Gasteiger partial charge in [-0.1, -0.05) is 24.3 Å². The minimum absolute atomic E-state index is 0.159. The maximum Gasteiger partial charge on any atom is 0.257 e. The number of aryl methyl sites for hydroxylation is 2. The van der Waals surface area contributed by atoms with Gasteiger partial charge in [-0.2, -0.15) is 0 Å². The number of ether oxygens (including phenoxy) is 4. The van der Waals surface area contributed by atoms with Crippen LogP contribution in [0.4, 0.5) is 0 Å². The van der Waals surface area contributed by atoms with Crippen molar-refractivity contribution in [3.05, 3.63) is 78.4 Å².